The van der Waals surface area contributed by atoms with Gasteiger partial charge in [-0.05, 0) is 38.0 Å². The van der Waals surface area contributed by atoms with Crippen molar-refractivity contribution < 1.29 is 15.0 Å². The first-order valence-corrected chi connectivity index (χ1v) is 6.94. The van der Waals surface area contributed by atoms with Crippen LogP contribution in [-0.4, -0.2) is 32.3 Å². The Bertz CT molecular complexity index is 662. The Morgan fingerprint density at radius 1 is 1.45 bits per heavy atom. The summed E-state index contributed by atoms with van der Waals surface area (Å²) in [6.07, 6.45) is 3.19. The second kappa shape index (κ2) is 4.90. The molecular formula is C15H18N2O3. The van der Waals surface area contributed by atoms with Gasteiger partial charge in [0, 0.05) is 18.6 Å². The number of hydrogen-bond donors (Lipinski definition) is 2. The van der Waals surface area contributed by atoms with Crippen LogP contribution < -0.4 is 0 Å². The molecule has 1 saturated carbocycles. The molecule has 0 spiro atoms. The standard InChI is InChI=1S/C15H18N2O3/c1-9-16-12-7-10(15(19)20)5-6-14(12)17(9)13-4-2-3-11(13)8-18/h5-7,11,13,18H,2-4,8H2,1H3,(H,19,20). The summed E-state index contributed by atoms with van der Waals surface area (Å²) in [7, 11) is 0. The molecule has 2 N–H and O–H groups in total. The number of aromatic nitrogens is 2. The van der Waals surface area contributed by atoms with Gasteiger partial charge in [-0.3, -0.25) is 0 Å². The number of aromatic carboxylic acids is 1. The van der Waals surface area contributed by atoms with Crippen LogP contribution in [0.25, 0.3) is 11.0 Å². The van der Waals surface area contributed by atoms with E-state index in [0.29, 0.717) is 5.52 Å². The van der Waals surface area contributed by atoms with Crippen LogP contribution in [0.4, 0.5) is 0 Å². The van der Waals surface area contributed by atoms with Gasteiger partial charge in [-0.2, -0.15) is 0 Å². The highest BCUT2D eigenvalue weighted by Gasteiger charge is 2.30. The topological polar surface area (TPSA) is 75.3 Å². The van der Waals surface area contributed by atoms with E-state index in [2.05, 4.69) is 9.55 Å². The normalized spacial score (nSPS) is 22.5. The smallest absolute Gasteiger partial charge is 0.335 e. The van der Waals surface area contributed by atoms with E-state index in [1.807, 2.05) is 13.0 Å². The van der Waals surface area contributed by atoms with E-state index >= 15 is 0 Å². The first-order chi connectivity index (χ1) is 9.61. The molecule has 1 fully saturated rings. The van der Waals surface area contributed by atoms with Crippen molar-refractivity contribution in [1.82, 2.24) is 9.55 Å². The van der Waals surface area contributed by atoms with Gasteiger partial charge in [0.15, 0.2) is 0 Å². The van der Waals surface area contributed by atoms with E-state index in [9.17, 15) is 9.90 Å². The van der Waals surface area contributed by atoms with Crippen LogP contribution in [0.5, 0.6) is 0 Å². The SMILES string of the molecule is Cc1nc2cc(C(=O)O)ccc2n1C1CCCC1CO. The third kappa shape index (κ3) is 1.98. The molecule has 5 heteroatoms. The highest BCUT2D eigenvalue weighted by atomic mass is 16.4. The van der Waals surface area contributed by atoms with Gasteiger partial charge < -0.3 is 14.8 Å². The zero-order valence-electron chi connectivity index (χ0n) is 11.4. The Morgan fingerprint density at radius 3 is 2.95 bits per heavy atom. The molecule has 5 nitrogen and oxygen atoms in total. The number of aliphatic hydroxyl groups excluding tert-OH is 1. The molecule has 2 atom stereocenters. The number of imidazole rings is 1. The minimum Gasteiger partial charge on any atom is -0.478 e. The monoisotopic (exact) mass is 274 g/mol. The number of carboxylic acid groups (broad SMARTS) is 1. The molecule has 0 bridgehead atoms. The van der Waals surface area contributed by atoms with Crippen LogP contribution in [0.3, 0.4) is 0 Å². The molecule has 2 unspecified atom stereocenters. The fourth-order valence-electron chi connectivity index (χ4n) is 3.34. The average Bonchev–Trinajstić information content (AvgIpc) is 2.99. The lowest BCUT2D eigenvalue weighted by atomic mass is 10.0. The maximum absolute atomic E-state index is 11.0. The van der Waals surface area contributed by atoms with Crippen molar-refractivity contribution in [2.24, 2.45) is 5.92 Å². The van der Waals surface area contributed by atoms with E-state index < -0.39 is 5.97 Å². The summed E-state index contributed by atoms with van der Waals surface area (Å²) >= 11 is 0. The third-order valence-electron chi connectivity index (χ3n) is 4.30. The molecule has 20 heavy (non-hydrogen) atoms. The Labute approximate surface area is 116 Å². The number of aliphatic hydroxyl groups is 1. The highest BCUT2D eigenvalue weighted by Crippen LogP contribution is 2.38. The van der Waals surface area contributed by atoms with Gasteiger partial charge in [-0.1, -0.05) is 6.42 Å². The summed E-state index contributed by atoms with van der Waals surface area (Å²) in [6.45, 7) is 2.13. The second-order valence-electron chi connectivity index (χ2n) is 5.48. The van der Waals surface area contributed by atoms with Gasteiger partial charge >= 0.3 is 5.97 Å². The first kappa shape index (κ1) is 13.1. The number of rotatable bonds is 3. The minimum absolute atomic E-state index is 0.191. The van der Waals surface area contributed by atoms with E-state index in [-0.39, 0.29) is 24.1 Å². The molecule has 1 aliphatic rings. The number of fused-ring (bicyclic) bond motifs is 1. The minimum atomic E-state index is -0.937. The van der Waals surface area contributed by atoms with Gasteiger partial charge in [-0.25, -0.2) is 9.78 Å². The largest absolute Gasteiger partial charge is 0.478 e. The van der Waals surface area contributed by atoms with Crippen LogP contribution in [0.1, 0.15) is 41.5 Å². The molecular weight excluding hydrogens is 256 g/mol. The predicted octanol–water partition coefficient (Wildman–Crippen LogP) is 2.38. The number of carbonyl (C=O) groups is 1. The quantitative estimate of drug-likeness (QED) is 0.901. The molecule has 2 aromatic rings. The van der Waals surface area contributed by atoms with Crippen LogP contribution >= 0.6 is 0 Å². The summed E-state index contributed by atoms with van der Waals surface area (Å²) < 4.78 is 2.16. The number of carboxylic acids is 1. The van der Waals surface area contributed by atoms with E-state index in [1.54, 1.807) is 12.1 Å². The van der Waals surface area contributed by atoms with Gasteiger partial charge in [0.1, 0.15) is 5.82 Å². The molecule has 106 valence electrons. The molecule has 1 aliphatic carbocycles. The van der Waals surface area contributed by atoms with Crippen molar-refractivity contribution in [3.8, 4) is 0 Å². The summed E-state index contributed by atoms with van der Waals surface area (Å²) in [4.78, 5) is 15.5. The summed E-state index contributed by atoms with van der Waals surface area (Å²) in [5.74, 6) is 0.214. The van der Waals surface area contributed by atoms with Crippen molar-refractivity contribution in [2.45, 2.75) is 32.2 Å². The third-order valence-corrected chi connectivity index (χ3v) is 4.30. The molecule has 3 rings (SSSR count). The first-order valence-electron chi connectivity index (χ1n) is 6.94. The van der Waals surface area contributed by atoms with Crippen molar-refractivity contribution in [2.75, 3.05) is 6.61 Å². The molecule has 1 aromatic carbocycles. The highest BCUT2D eigenvalue weighted by molar-refractivity contribution is 5.92. The lowest BCUT2D eigenvalue weighted by Crippen LogP contribution is -2.18. The predicted molar refractivity (Wildman–Crippen MR) is 74.9 cm³/mol. The molecule has 0 saturated heterocycles. The van der Waals surface area contributed by atoms with Crippen LogP contribution in [0.15, 0.2) is 18.2 Å². The molecule has 1 heterocycles. The van der Waals surface area contributed by atoms with Crippen molar-refractivity contribution in [3.63, 3.8) is 0 Å². The van der Waals surface area contributed by atoms with E-state index in [1.165, 1.54) is 0 Å². The zero-order valence-corrected chi connectivity index (χ0v) is 11.4. The number of hydrogen-bond acceptors (Lipinski definition) is 3. The Kier molecular flexibility index (Phi) is 3.22. The van der Waals surface area contributed by atoms with Crippen LogP contribution in [-0.2, 0) is 0 Å². The van der Waals surface area contributed by atoms with E-state index in [4.69, 9.17) is 5.11 Å². The summed E-state index contributed by atoms with van der Waals surface area (Å²) in [6, 6.07) is 5.32. The van der Waals surface area contributed by atoms with Crippen molar-refractivity contribution in [1.29, 1.82) is 0 Å². The summed E-state index contributed by atoms with van der Waals surface area (Å²) in [5, 5.41) is 18.5. The molecule has 0 amide bonds. The van der Waals surface area contributed by atoms with Gasteiger partial charge in [0.25, 0.3) is 0 Å². The van der Waals surface area contributed by atoms with Crippen LogP contribution in [0, 0.1) is 12.8 Å². The number of aryl methyl sites for hydroxylation is 1. The average molecular weight is 274 g/mol. The Balaban J connectivity index is 2.11. The maximum atomic E-state index is 11.0. The second-order valence-corrected chi connectivity index (χ2v) is 5.48. The van der Waals surface area contributed by atoms with E-state index in [0.717, 1.165) is 30.6 Å². The van der Waals surface area contributed by atoms with Crippen LogP contribution in [0.2, 0.25) is 0 Å². The molecule has 1 aromatic heterocycles. The fraction of sp³-hybridized carbons (Fsp3) is 0.467. The fourth-order valence-corrected chi connectivity index (χ4v) is 3.34. The molecule has 0 radical (unpaired) electrons. The lowest BCUT2D eigenvalue weighted by molar-refractivity contribution is 0.0697. The zero-order chi connectivity index (χ0) is 14.3. The number of benzene rings is 1. The van der Waals surface area contributed by atoms with Crippen molar-refractivity contribution >= 4 is 17.0 Å². The van der Waals surface area contributed by atoms with Gasteiger partial charge in [-0.15, -0.1) is 0 Å². The molecule has 0 aliphatic heterocycles. The maximum Gasteiger partial charge on any atom is 0.335 e. The number of nitrogens with zero attached hydrogens (tertiary/aromatic N) is 2. The summed E-state index contributed by atoms with van der Waals surface area (Å²) in [5.41, 5.74) is 1.93. The lowest BCUT2D eigenvalue weighted by Gasteiger charge is -2.21. The van der Waals surface area contributed by atoms with Crippen molar-refractivity contribution in [3.05, 3.63) is 29.6 Å². The Hall–Kier alpha value is -1.88. The van der Waals surface area contributed by atoms with Gasteiger partial charge in [0.05, 0.1) is 16.6 Å². The van der Waals surface area contributed by atoms with Gasteiger partial charge in [0.2, 0.25) is 0 Å². The Morgan fingerprint density at radius 2 is 2.25 bits per heavy atom.